The predicted molar refractivity (Wildman–Crippen MR) is 52.2 cm³/mol. The highest BCUT2D eigenvalue weighted by atomic mass is 16.6. The van der Waals surface area contributed by atoms with Gasteiger partial charge < -0.3 is 9.84 Å². The number of fused-ring (bicyclic) bond motifs is 3. The van der Waals surface area contributed by atoms with E-state index >= 15 is 0 Å². The minimum atomic E-state index is -1.27. The smallest absolute Gasteiger partial charge is 0.348 e. The molecule has 2 heterocycles. The van der Waals surface area contributed by atoms with Crippen molar-refractivity contribution < 1.29 is 19.4 Å². The zero-order valence-electron chi connectivity index (χ0n) is 9.29. The molecule has 2 bridgehead atoms. The highest BCUT2D eigenvalue weighted by Gasteiger charge is 2.65. The molecule has 3 aliphatic rings. The number of rotatable bonds is 1. The average Bonchev–Trinajstić information content (AvgIpc) is 2.08. The van der Waals surface area contributed by atoms with Crippen LogP contribution < -0.4 is 0 Å². The number of hydrogen-bond acceptors (Lipinski definition) is 3. The standard InChI is InChI=1S/C11H16O4/c1-9(2)6-11(7(12)13)5-4-10(9,3)8(14)15-11/h4-6H2,1-3H3,(H,12,13). The Morgan fingerprint density at radius 1 is 1.33 bits per heavy atom. The molecule has 0 spiro atoms. The van der Waals surface area contributed by atoms with Gasteiger partial charge in [-0.15, -0.1) is 0 Å². The van der Waals surface area contributed by atoms with Crippen molar-refractivity contribution >= 4 is 11.9 Å². The molecule has 0 radical (unpaired) electrons. The molecule has 2 saturated heterocycles. The van der Waals surface area contributed by atoms with Gasteiger partial charge >= 0.3 is 11.9 Å². The van der Waals surface area contributed by atoms with Crippen LogP contribution >= 0.6 is 0 Å². The topological polar surface area (TPSA) is 63.6 Å². The van der Waals surface area contributed by atoms with E-state index in [1.807, 2.05) is 20.8 Å². The fraction of sp³-hybridized carbons (Fsp3) is 0.818. The molecule has 1 N–H and O–H groups in total. The van der Waals surface area contributed by atoms with Gasteiger partial charge in [-0.05, 0) is 25.2 Å². The molecule has 0 aromatic heterocycles. The lowest BCUT2D eigenvalue weighted by Gasteiger charge is -2.57. The number of hydrogen-bond donors (Lipinski definition) is 1. The van der Waals surface area contributed by atoms with E-state index in [0.717, 1.165) is 0 Å². The van der Waals surface area contributed by atoms with E-state index in [4.69, 9.17) is 4.74 Å². The van der Waals surface area contributed by atoms with E-state index in [2.05, 4.69) is 0 Å². The highest BCUT2D eigenvalue weighted by Crippen LogP contribution is 2.59. The minimum absolute atomic E-state index is 0.307. The van der Waals surface area contributed by atoms with Crippen LogP contribution in [0.25, 0.3) is 0 Å². The lowest BCUT2D eigenvalue weighted by Crippen LogP contribution is -2.64. The molecule has 0 amide bonds. The Hall–Kier alpha value is -1.06. The molecule has 0 aromatic rings. The monoisotopic (exact) mass is 212 g/mol. The second-order valence-corrected chi connectivity index (χ2v) is 5.58. The van der Waals surface area contributed by atoms with Crippen LogP contribution in [0.2, 0.25) is 0 Å². The average molecular weight is 212 g/mol. The van der Waals surface area contributed by atoms with Crippen LogP contribution in [-0.4, -0.2) is 22.6 Å². The maximum atomic E-state index is 11.8. The summed E-state index contributed by atoms with van der Waals surface area (Å²) in [5.74, 6) is -1.36. The molecular formula is C11H16O4. The summed E-state index contributed by atoms with van der Waals surface area (Å²) in [5.41, 5.74) is -2.10. The van der Waals surface area contributed by atoms with E-state index in [-0.39, 0.29) is 11.4 Å². The quantitative estimate of drug-likeness (QED) is 0.670. The first-order valence-electron chi connectivity index (χ1n) is 5.20. The molecule has 4 nitrogen and oxygen atoms in total. The molecule has 84 valence electrons. The van der Waals surface area contributed by atoms with Crippen LogP contribution in [0.15, 0.2) is 0 Å². The van der Waals surface area contributed by atoms with Crippen LogP contribution in [0.3, 0.4) is 0 Å². The van der Waals surface area contributed by atoms with Gasteiger partial charge in [-0.2, -0.15) is 0 Å². The molecule has 2 unspecified atom stereocenters. The normalized spacial score (nSPS) is 42.5. The van der Waals surface area contributed by atoms with Gasteiger partial charge in [-0.1, -0.05) is 13.8 Å². The Balaban J connectivity index is 2.47. The Morgan fingerprint density at radius 2 is 1.93 bits per heavy atom. The number of carboxylic acid groups (broad SMARTS) is 1. The minimum Gasteiger partial charge on any atom is -0.478 e. The summed E-state index contributed by atoms with van der Waals surface area (Å²) in [4.78, 5) is 23.0. The third-order valence-electron chi connectivity index (χ3n) is 4.38. The summed E-state index contributed by atoms with van der Waals surface area (Å²) in [6.07, 6.45) is 1.46. The van der Waals surface area contributed by atoms with E-state index in [1.165, 1.54) is 0 Å². The summed E-state index contributed by atoms with van der Waals surface area (Å²) in [6.45, 7) is 5.77. The van der Waals surface area contributed by atoms with Crippen molar-refractivity contribution in [1.29, 1.82) is 0 Å². The zero-order valence-corrected chi connectivity index (χ0v) is 9.29. The largest absolute Gasteiger partial charge is 0.478 e. The van der Waals surface area contributed by atoms with Crippen LogP contribution in [0.4, 0.5) is 0 Å². The van der Waals surface area contributed by atoms with Crippen molar-refractivity contribution in [3.8, 4) is 0 Å². The lowest BCUT2D eigenvalue weighted by atomic mass is 9.53. The van der Waals surface area contributed by atoms with Crippen LogP contribution in [0, 0.1) is 10.8 Å². The summed E-state index contributed by atoms with van der Waals surface area (Å²) in [6, 6.07) is 0. The summed E-state index contributed by atoms with van der Waals surface area (Å²) in [5, 5.41) is 9.17. The van der Waals surface area contributed by atoms with Gasteiger partial charge in [0.05, 0.1) is 5.41 Å². The van der Waals surface area contributed by atoms with Crippen molar-refractivity contribution in [2.45, 2.75) is 45.6 Å². The molecule has 15 heavy (non-hydrogen) atoms. The Kier molecular flexibility index (Phi) is 1.77. The van der Waals surface area contributed by atoms with E-state index < -0.39 is 17.0 Å². The number of carbonyl (C=O) groups excluding carboxylic acids is 1. The molecule has 4 heteroatoms. The fourth-order valence-electron chi connectivity index (χ4n) is 2.77. The summed E-state index contributed by atoms with van der Waals surface area (Å²) >= 11 is 0. The molecule has 2 aliphatic heterocycles. The van der Waals surface area contributed by atoms with Gasteiger partial charge in [-0.3, -0.25) is 4.79 Å². The van der Waals surface area contributed by atoms with E-state index in [9.17, 15) is 14.7 Å². The molecular weight excluding hydrogens is 196 g/mol. The summed E-state index contributed by atoms with van der Waals surface area (Å²) in [7, 11) is 0. The number of carbonyl (C=O) groups is 2. The van der Waals surface area contributed by atoms with Gasteiger partial charge in [0.2, 0.25) is 5.60 Å². The van der Waals surface area contributed by atoms with Crippen LogP contribution in [0.1, 0.15) is 40.0 Å². The number of ether oxygens (including phenoxy) is 1. The van der Waals surface area contributed by atoms with Gasteiger partial charge in [0.15, 0.2) is 0 Å². The second-order valence-electron chi connectivity index (χ2n) is 5.58. The number of aliphatic carboxylic acids is 1. The van der Waals surface area contributed by atoms with E-state index in [0.29, 0.717) is 19.3 Å². The lowest BCUT2D eigenvalue weighted by molar-refractivity contribution is -0.233. The van der Waals surface area contributed by atoms with Crippen molar-refractivity contribution in [2.75, 3.05) is 0 Å². The van der Waals surface area contributed by atoms with Gasteiger partial charge in [0.25, 0.3) is 0 Å². The van der Waals surface area contributed by atoms with Crippen molar-refractivity contribution in [3.63, 3.8) is 0 Å². The first kappa shape index (κ1) is 10.5. The third kappa shape index (κ3) is 1.08. The first-order chi connectivity index (χ1) is 6.74. The molecule has 0 aromatic carbocycles. The molecule has 1 aliphatic carbocycles. The number of esters is 1. The van der Waals surface area contributed by atoms with Crippen LogP contribution in [-0.2, 0) is 14.3 Å². The molecule has 3 rings (SSSR count). The second kappa shape index (κ2) is 2.54. The Bertz CT molecular complexity index is 346. The molecule has 3 fully saturated rings. The van der Waals surface area contributed by atoms with Gasteiger partial charge in [0, 0.05) is 6.42 Å². The zero-order chi connectivity index (χ0) is 11.5. The molecule has 1 saturated carbocycles. The van der Waals surface area contributed by atoms with Crippen molar-refractivity contribution in [2.24, 2.45) is 10.8 Å². The first-order valence-corrected chi connectivity index (χ1v) is 5.20. The highest BCUT2D eigenvalue weighted by molar-refractivity contribution is 5.88. The maximum Gasteiger partial charge on any atom is 0.348 e. The van der Waals surface area contributed by atoms with Crippen molar-refractivity contribution in [1.82, 2.24) is 0 Å². The maximum absolute atomic E-state index is 11.8. The summed E-state index contributed by atoms with van der Waals surface area (Å²) < 4.78 is 5.13. The number of carboxylic acids is 1. The Labute approximate surface area is 88.6 Å². The fourth-order valence-corrected chi connectivity index (χ4v) is 2.77. The SMILES string of the molecule is CC1(C)CC2(C(=O)O)CCC1(C)C(=O)O2. The van der Waals surface area contributed by atoms with Crippen LogP contribution in [0.5, 0.6) is 0 Å². The van der Waals surface area contributed by atoms with Gasteiger partial charge in [0.1, 0.15) is 0 Å². The van der Waals surface area contributed by atoms with E-state index in [1.54, 1.807) is 0 Å². The van der Waals surface area contributed by atoms with Crippen molar-refractivity contribution in [3.05, 3.63) is 0 Å². The van der Waals surface area contributed by atoms with Gasteiger partial charge in [-0.25, -0.2) is 4.79 Å². The third-order valence-corrected chi connectivity index (χ3v) is 4.38. The predicted octanol–water partition coefficient (Wildman–Crippen LogP) is 1.58. The molecule has 2 atom stereocenters. The Morgan fingerprint density at radius 3 is 2.33 bits per heavy atom.